The Bertz CT molecular complexity index is 1440. The van der Waals surface area contributed by atoms with Crippen molar-refractivity contribution in [2.45, 2.75) is 32.2 Å². The van der Waals surface area contributed by atoms with Crippen LogP contribution in [0.3, 0.4) is 0 Å². The first-order valence-electron chi connectivity index (χ1n) is 10.8. The number of nitrogens with zero attached hydrogens (tertiary/aromatic N) is 2. The predicted molar refractivity (Wildman–Crippen MR) is 133 cm³/mol. The lowest BCUT2D eigenvalue weighted by atomic mass is 10.1. The normalized spacial score (nSPS) is 11.3. The van der Waals surface area contributed by atoms with Crippen LogP contribution in [0.15, 0.2) is 84.3 Å². The molecule has 0 aliphatic carbocycles. The fourth-order valence-corrected chi connectivity index (χ4v) is 5.06. The summed E-state index contributed by atoms with van der Waals surface area (Å²) in [5, 5.41) is 2.89. The van der Waals surface area contributed by atoms with Crippen molar-refractivity contribution in [2.24, 2.45) is 0 Å². The van der Waals surface area contributed by atoms with Crippen molar-refractivity contribution in [3.63, 3.8) is 0 Å². The van der Waals surface area contributed by atoms with Gasteiger partial charge in [0.1, 0.15) is 0 Å². The molecule has 0 aliphatic rings. The quantitative estimate of drug-likeness (QED) is 0.412. The highest BCUT2D eigenvalue weighted by Gasteiger charge is 2.20. The molecule has 0 aliphatic heterocycles. The molecule has 0 saturated heterocycles. The number of benzene rings is 3. The summed E-state index contributed by atoms with van der Waals surface area (Å²) >= 11 is 0. The number of hydrogen-bond acceptors (Lipinski definition) is 4. The van der Waals surface area contributed by atoms with Crippen LogP contribution in [0.4, 0.5) is 5.69 Å². The average Bonchev–Trinajstić information content (AvgIpc) is 3.35. The van der Waals surface area contributed by atoms with Crippen molar-refractivity contribution in [3.05, 3.63) is 107 Å². The van der Waals surface area contributed by atoms with Crippen LogP contribution in [-0.4, -0.2) is 23.9 Å². The van der Waals surface area contributed by atoms with Crippen molar-refractivity contribution in [1.82, 2.24) is 14.9 Å². The predicted octanol–water partition coefficient (Wildman–Crippen LogP) is 4.53. The van der Waals surface area contributed by atoms with Gasteiger partial charge in [-0.15, -0.1) is 0 Å². The minimum atomic E-state index is -3.88. The highest BCUT2D eigenvalue weighted by atomic mass is 32.2. The first kappa shape index (κ1) is 23.3. The standard InChI is InChI=1S/C26H26N4O3S/c1-18-8-9-19(2)23(14-18)29-34(32,33)25-15-21(11-10-20(25)3)26(31)28-16-22-6-4-5-7-24(22)30-13-12-27-17-30/h4-15,17,29H,16H2,1-3H3,(H,28,31). The molecule has 0 fully saturated rings. The Kier molecular flexibility index (Phi) is 6.51. The Morgan fingerprint density at radius 1 is 0.971 bits per heavy atom. The Morgan fingerprint density at radius 3 is 2.50 bits per heavy atom. The van der Waals surface area contributed by atoms with Crippen molar-refractivity contribution < 1.29 is 13.2 Å². The first-order chi connectivity index (χ1) is 16.2. The van der Waals surface area contributed by atoms with Crippen LogP contribution < -0.4 is 10.0 Å². The van der Waals surface area contributed by atoms with Gasteiger partial charge in [0.05, 0.1) is 22.6 Å². The molecule has 0 saturated carbocycles. The number of nitrogens with one attached hydrogen (secondary N) is 2. The molecule has 2 N–H and O–H groups in total. The molecule has 34 heavy (non-hydrogen) atoms. The van der Waals surface area contributed by atoms with Gasteiger partial charge in [0, 0.05) is 24.5 Å². The molecule has 0 bridgehead atoms. The second kappa shape index (κ2) is 9.52. The minimum absolute atomic E-state index is 0.0693. The number of sulfonamides is 1. The van der Waals surface area contributed by atoms with Crippen LogP contribution in [0.25, 0.3) is 5.69 Å². The van der Waals surface area contributed by atoms with Gasteiger partial charge in [-0.3, -0.25) is 9.52 Å². The van der Waals surface area contributed by atoms with E-state index in [2.05, 4.69) is 15.0 Å². The molecule has 4 rings (SSSR count). The maximum Gasteiger partial charge on any atom is 0.262 e. The van der Waals surface area contributed by atoms with E-state index >= 15 is 0 Å². The van der Waals surface area contributed by atoms with E-state index in [4.69, 9.17) is 0 Å². The van der Waals surface area contributed by atoms with Gasteiger partial charge in [0.25, 0.3) is 15.9 Å². The van der Waals surface area contributed by atoms with Gasteiger partial charge < -0.3 is 9.88 Å². The molecule has 0 radical (unpaired) electrons. The summed E-state index contributed by atoms with van der Waals surface area (Å²) in [6, 6.07) is 18.0. The number of aryl methyl sites for hydroxylation is 3. The number of para-hydroxylation sites is 1. The molecule has 1 heterocycles. The van der Waals surface area contributed by atoms with Crippen molar-refractivity contribution in [1.29, 1.82) is 0 Å². The first-order valence-corrected chi connectivity index (χ1v) is 12.3. The third-order valence-corrected chi connectivity index (χ3v) is 7.10. The number of aromatic nitrogens is 2. The molecule has 0 atom stereocenters. The maximum absolute atomic E-state index is 13.2. The van der Waals surface area contributed by atoms with Gasteiger partial charge in [-0.1, -0.05) is 36.4 Å². The Labute approximate surface area is 199 Å². The van der Waals surface area contributed by atoms with Gasteiger partial charge in [-0.25, -0.2) is 13.4 Å². The monoisotopic (exact) mass is 474 g/mol. The van der Waals surface area contributed by atoms with E-state index in [0.29, 0.717) is 11.3 Å². The molecule has 0 unspecified atom stereocenters. The molecule has 8 heteroatoms. The number of carbonyl (C=O) groups is 1. The molecule has 3 aromatic carbocycles. The van der Waals surface area contributed by atoms with E-state index in [-0.39, 0.29) is 22.9 Å². The summed E-state index contributed by atoms with van der Waals surface area (Å²) in [7, 11) is -3.88. The molecule has 1 aromatic heterocycles. The van der Waals surface area contributed by atoms with Crippen molar-refractivity contribution in [2.75, 3.05) is 4.72 Å². The maximum atomic E-state index is 13.2. The van der Waals surface area contributed by atoms with Crippen LogP contribution in [0, 0.1) is 20.8 Å². The third kappa shape index (κ3) is 5.02. The van der Waals surface area contributed by atoms with Crippen molar-refractivity contribution in [3.8, 4) is 5.69 Å². The number of imidazole rings is 1. The van der Waals surface area contributed by atoms with Crippen LogP contribution in [0.5, 0.6) is 0 Å². The lowest BCUT2D eigenvalue weighted by molar-refractivity contribution is 0.0950. The summed E-state index contributed by atoms with van der Waals surface area (Å²) < 4.78 is 30.9. The van der Waals surface area contributed by atoms with Gasteiger partial charge in [0.2, 0.25) is 0 Å². The summed E-state index contributed by atoms with van der Waals surface area (Å²) in [4.78, 5) is 17.1. The summed E-state index contributed by atoms with van der Waals surface area (Å²) in [5.41, 5.74) is 4.93. The number of anilines is 1. The lowest BCUT2D eigenvalue weighted by Gasteiger charge is -2.15. The number of hydrogen-bond donors (Lipinski definition) is 2. The topological polar surface area (TPSA) is 93.1 Å². The fraction of sp³-hybridized carbons (Fsp3) is 0.154. The van der Waals surface area contributed by atoms with Crippen molar-refractivity contribution >= 4 is 21.6 Å². The Morgan fingerprint density at radius 2 is 1.74 bits per heavy atom. The van der Waals surface area contributed by atoms with E-state index < -0.39 is 10.0 Å². The lowest BCUT2D eigenvalue weighted by Crippen LogP contribution is -2.24. The number of rotatable bonds is 7. The highest BCUT2D eigenvalue weighted by molar-refractivity contribution is 7.92. The molecular weight excluding hydrogens is 448 g/mol. The van der Waals surface area contributed by atoms with E-state index in [1.807, 2.05) is 61.0 Å². The molecule has 4 aromatic rings. The molecule has 7 nitrogen and oxygen atoms in total. The zero-order chi connectivity index (χ0) is 24.3. The van der Waals surface area contributed by atoms with E-state index in [0.717, 1.165) is 22.4 Å². The average molecular weight is 475 g/mol. The van der Waals surface area contributed by atoms with E-state index in [1.54, 1.807) is 37.6 Å². The zero-order valence-corrected chi connectivity index (χ0v) is 20.1. The Balaban J connectivity index is 1.55. The largest absolute Gasteiger partial charge is 0.348 e. The fourth-order valence-electron chi connectivity index (χ4n) is 3.67. The second-order valence-corrected chi connectivity index (χ2v) is 9.84. The van der Waals surface area contributed by atoms with Crippen LogP contribution in [0.2, 0.25) is 0 Å². The molecule has 1 amide bonds. The van der Waals surface area contributed by atoms with Crippen LogP contribution >= 0.6 is 0 Å². The Hall–Kier alpha value is -3.91. The molecule has 0 spiro atoms. The van der Waals surface area contributed by atoms with Crippen LogP contribution in [0.1, 0.15) is 32.6 Å². The third-order valence-electron chi connectivity index (χ3n) is 5.59. The van der Waals surface area contributed by atoms with E-state index in [9.17, 15) is 13.2 Å². The van der Waals surface area contributed by atoms with Gasteiger partial charge in [-0.05, 0) is 67.3 Å². The van der Waals surface area contributed by atoms with Gasteiger partial charge in [-0.2, -0.15) is 0 Å². The van der Waals surface area contributed by atoms with E-state index in [1.165, 1.54) is 6.07 Å². The smallest absolute Gasteiger partial charge is 0.262 e. The number of amides is 1. The van der Waals surface area contributed by atoms with Gasteiger partial charge >= 0.3 is 0 Å². The van der Waals surface area contributed by atoms with Gasteiger partial charge in [0.15, 0.2) is 0 Å². The molecule has 174 valence electrons. The zero-order valence-electron chi connectivity index (χ0n) is 19.2. The second-order valence-electron chi connectivity index (χ2n) is 8.19. The minimum Gasteiger partial charge on any atom is -0.348 e. The van der Waals surface area contributed by atoms with Crippen LogP contribution in [-0.2, 0) is 16.6 Å². The SMILES string of the molecule is Cc1ccc(C)c(NS(=O)(=O)c2cc(C(=O)NCc3ccccc3-n3ccnc3)ccc2C)c1. The number of carbonyl (C=O) groups excluding carboxylic acids is 1. The summed E-state index contributed by atoms with van der Waals surface area (Å²) in [6.45, 7) is 5.73. The molecular formula is C26H26N4O3S. The summed E-state index contributed by atoms with van der Waals surface area (Å²) in [5.74, 6) is -0.358. The summed E-state index contributed by atoms with van der Waals surface area (Å²) in [6.07, 6.45) is 5.22. The highest BCUT2D eigenvalue weighted by Crippen LogP contribution is 2.24.